The van der Waals surface area contributed by atoms with Crippen molar-refractivity contribution in [1.82, 2.24) is 4.90 Å². The normalized spacial score (nSPS) is 16.7. The number of phenolic OH excluding ortho intramolecular Hbond substituents is 1. The fraction of sp³-hybridized carbons (Fsp3) is 0.500. The topological polar surface area (TPSA) is 73.6 Å². The highest BCUT2D eigenvalue weighted by molar-refractivity contribution is 7.92. The molecule has 0 amide bonds. The maximum absolute atomic E-state index is 13.0. The number of phenols is 1. The van der Waals surface area contributed by atoms with Crippen LogP contribution in [-0.4, -0.2) is 31.4 Å². The molecule has 2 N–H and O–H groups in total. The molecule has 1 unspecified atom stereocenters. The second-order valence-electron chi connectivity index (χ2n) is 9.90. The standard InChI is InChI=1S/C24H33FN2O3S/c1-23(2,3)30-22-12-17(6-9-21(22)28)10-11-24(4,5)27-14-18-7-8-20(13-19(18)15-27)31(26,29)16-25/h6-9,12-13,26,28H,10-11,14-16H2,1-5H3. The first kappa shape index (κ1) is 23.5. The first-order valence-corrected chi connectivity index (χ1v) is 12.2. The highest BCUT2D eigenvalue weighted by Crippen LogP contribution is 2.35. The lowest BCUT2D eigenvalue weighted by Gasteiger charge is -2.35. The predicted molar refractivity (Wildman–Crippen MR) is 122 cm³/mol. The van der Waals surface area contributed by atoms with Gasteiger partial charge in [0.05, 0.1) is 4.90 Å². The minimum atomic E-state index is -3.36. The molecule has 170 valence electrons. The lowest BCUT2D eigenvalue weighted by Crippen LogP contribution is -2.40. The lowest BCUT2D eigenvalue weighted by molar-refractivity contribution is 0.109. The maximum atomic E-state index is 13.0. The Kier molecular flexibility index (Phi) is 6.40. The van der Waals surface area contributed by atoms with Gasteiger partial charge in [-0.05, 0) is 88.4 Å². The molecule has 7 heteroatoms. The Labute approximate surface area is 185 Å². The quantitative estimate of drug-likeness (QED) is 0.576. The number of fused-ring (bicyclic) bond motifs is 1. The smallest absolute Gasteiger partial charge is 0.176 e. The summed E-state index contributed by atoms with van der Waals surface area (Å²) in [5.74, 6) is 0.638. The summed E-state index contributed by atoms with van der Waals surface area (Å²) in [6.45, 7) is 11.7. The molecular weight excluding hydrogens is 415 g/mol. The van der Waals surface area contributed by atoms with E-state index in [0.29, 0.717) is 12.3 Å². The molecule has 0 aromatic heterocycles. The van der Waals surface area contributed by atoms with Crippen LogP contribution in [0.25, 0.3) is 0 Å². The molecule has 5 nitrogen and oxygen atoms in total. The minimum Gasteiger partial charge on any atom is -0.504 e. The van der Waals surface area contributed by atoms with E-state index in [2.05, 4.69) is 18.7 Å². The average molecular weight is 449 g/mol. The number of alkyl halides is 1. The Morgan fingerprint density at radius 1 is 1.10 bits per heavy atom. The summed E-state index contributed by atoms with van der Waals surface area (Å²) in [6.07, 6.45) is 1.72. The molecular formula is C24H33FN2O3S. The number of nitrogens with zero attached hydrogens (tertiary/aromatic N) is 1. The van der Waals surface area contributed by atoms with Crippen LogP contribution in [0.2, 0.25) is 0 Å². The fourth-order valence-electron chi connectivity index (χ4n) is 3.80. The summed E-state index contributed by atoms with van der Waals surface area (Å²) in [4.78, 5) is 2.62. The van der Waals surface area contributed by atoms with Gasteiger partial charge in [0.1, 0.15) is 15.3 Å². The first-order valence-electron chi connectivity index (χ1n) is 10.5. The molecule has 3 rings (SSSR count). The number of hydrogen-bond donors (Lipinski definition) is 2. The van der Waals surface area contributed by atoms with Gasteiger partial charge in [0.2, 0.25) is 0 Å². The van der Waals surface area contributed by atoms with Crippen LogP contribution in [0.15, 0.2) is 41.3 Å². The molecule has 0 fully saturated rings. The van der Waals surface area contributed by atoms with E-state index in [0.717, 1.165) is 36.1 Å². The van der Waals surface area contributed by atoms with Gasteiger partial charge >= 0.3 is 0 Å². The second-order valence-corrected chi connectivity index (χ2v) is 11.9. The van der Waals surface area contributed by atoms with Crippen molar-refractivity contribution < 1.29 is 18.4 Å². The molecule has 0 saturated carbocycles. The number of rotatable bonds is 7. The zero-order chi connectivity index (χ0) is 23.0. The predicted octanol–water partition coefficient (Wildman–Crippen LogP) is 5.63. The van der Waals surface area contributed by atoms with Crippen molar-refractivity contribution in [3.63, 3.8) is 0 Å². The van der Waals surface area contributed by atoms with Gasteiger partial charge < -0.3 is 9.84 Å². The second kappa shape index (κ2) is 8.43. The summed E-state index contributed by atoms with van der Waals surface area (Å²) in [6, 6.07) is 9.58. The Balaban J connectivity index is 1.70. The summed E-state index contributed by atoms with van der Waals surface area (Å²) < 4.78 is 38.6. The maximum Gasteiger partial charge on any atom is 0.176 e. The molecule has 2 aromatic carbocycles. The molecule has 0 bridgehead atoms. The molecule has 1 atom stereocenters. The van der Waals surface area contributed by atoms with E-state index < -0.39 is 15.7 Å². The molecule has 1 aliphatic heterocycles. The van der Waals surface area contributed by atoms with Crippen LogP contribution in [0.3, 0.4) is 0 Å². The third-order valence-corrected chi connectivity index (χ3v) is 7.08. The zero-order valence-electron chi connectivity index (χ0n) is 19.0. The monoisotopic (exact) mass is 448 g/mol. The van der Waals surface area contributed by atoms with Gasteiger partial charge in [0.25, 0.3) is 0 Å². The largest absolute Gasteiger partial charge is 0.504 e. The minimum absolute atomic E-state index is 0.107. The third-order valence-electron chi connectivity index (χ3n) is 5.76. The van der Waals surface area contributed by atoms with Crippen LogP contribution in [0.5, 0.6) is 11.5 Å². The summed E-state index contributed by atoms with van der Waals surface area (Å²) in [5.41, 5.74) is 2.76. The van der Waals surface area contributed by atoms with Crippen molar-refractivity contribution in [2.24, 2.45) is 0 Å². The van der Waals surface area contributed by atoms with E-state index in [-0.39, 0.29) is 21.8 Å². The lowest BCUT2D eigenvalue weighted by atomic mass is 9.93. The fourth-order valence-corrected chi connectivity index (χ4v) is 4.55. The van der Waals surface area contributed by atoms with E-state index in [1.807, 2.05) is 39.0 Å². The number of benzene rings is 2. The number of nitrogens with one attached hydrogen (secondary N) is 1. The number of hydrogen-bond acceptors (Lipinski definition) is 5. The summed E-state index contributed by atoms with van der Waals surface area (Å²) in [5, 5.41) is 10.1. The molecule has 0 saturated heterocycles. The Hall–Kier alpha value is -2.12. The van der Waals surface area contributed by atoms with Crippen LogP contribution in [0, 0.1) is 4.78 Å². The van der Waals surface area contributed by atoms with E-state index in [4.69, 9.17) is 9.52 Å². The summed E-state index contributed by atoms with van der Waals surface area (Å²) in [7, 11) is -3.36. The molecule has 1 heterocycles. The van der Waals surface area contributed by atoms with Crippen LogP contribution >= 0.6 is 0 Å². The van der Waals surface area contributed by atoms with Gasteiger partial charge in [-0.2, -0.15) is 0 Å². The van der Waals surface area contributed by atoms with Gasteiger partial charge in [0, 0.05) is 18.6 Å². The van der Waals surface area contributed by atoms with Crippen molar-refractivity contribution in [2.45, 2.75) is 76.6 Å². The van der Waals surface area contributed by atoms with E-state index in [1.54, 1.807) is 18.2 Å². The van der Waals surface area contributed by atoms with Crippen molar-refractivity contribution in [3.8, 4) is 11.5 Å². The van der Waals surface area contributed by atoms with Gasteiger partial charge in [-0.1, -0.05) is 12.1 Å². The Morgan fingerprint density at radius 3 is 2.42 bits per heavy atom. The van der Waals surface area contributed by atoms with Crippen LogP contribution in [-0.2, 0) is 29.2 Å². The molecule has 0 aliphatic carbocycles. The highest BCUT2D eigenvalue weighted by atomic mass is 32.2. The number of aryl methyl sites for hydroxylation is 1. The number of aromatic hydroxyl groups is 1. The average Bonchev–Trinajstić information content (AvgIpc) is 3.12. The van der Waals surface area contributed by atoms with Crippen molar-refractivity contribution in [2.75, 3.05) is 6.01 Å². The number of ether oxygens (including phenoxy) is 1. The van der Waals surface area contributed by atoms with Crippen LogP contribution in [0.1, 0.15) is 57.7 Å². The van der Waals surface area contributed by atoms with Crippen molar-refractivity contribution in [1.29, 1.82) is 4.78 Å². The van der Waals surface area contributed by atoms with E-state index >= 15 is 0 Å². The third kappa shape index (κ3) is 5.57. The van der Waals surface area contributed by atoms with Crippen molar-refractivity contribution in [3.05, 3.63) is 53.1 Å². The molecule has 0 radical (unpaired) electrons. The Morgan fingerprint density at radius 2 is 1.77 bits per heavy atom. The van der Waals surface area contributed by atoms with Crippen LogP contribution < -0.4 is 4.74 Å². The molecule has 0 spiro atoms. The van der Waals surface area contributed by atoms with Gasteiger partial charge in [-0.15, -0.1) is 0 Å². The van der Waals surface area contributed by atoms with E-state index in [9.17, 15) is 13.7 Å². The van der Waals surface area contributed by atoms with Crippen molar-refractivity contribution >= 4 is 9.73 Å². The van der Waals surface area contributed by atoms with Gasteiger partial charge in [-0.3, -0.25) is 4.90 Å². The first-order chi connectivity index (χ1) is 14.3. The SMILES string of the molecule is CC(C)(C)Oc1cc(CCC(C)(C)N2Cc3ccc(S(=N)(=O)CF)cc3C2)ccc1O. The number of halogens is 1. The van der Waals surface area contributed by atoms with Crippen LogP contribution in [0.4, 0.5) is 4.39 Å². The van der Waals surface area contributed by atoms with E-state index in [1.165, 1.54) is 0 Å². The highest BCUT2D eigenvalue weighted by Gasteiger charge is 2.32. The molecule has 2 aromatic rings. The molecule has 1 aliphatic rings. The Bertz CT molecular complexity index is 1060. The summed E-state index contributed by atoms with van der Waals surface area (Å²) >= 11 is 0. The van der Waals surface area contributed by atoms with Gasteiger partial charge in [-0.25, -0.2) is 13.4 Å². The molecule has 31 heavy (non-hydrogen) atoms. The van der Waals surface area contributed by atoms with Gasteiger partial charge in [0.15, 0.2) is 17.5 Å². The zero-order valence-corrected chi connectivity index (χ0v) is 19.8.